The number of carbonyl (C=O) groups excluding carboxylic acids is 1. The van der Waals surface area contributed by atoms with E-state index in [2.05, 4.69) is 10.5 Å². The Morgan fingerprint density at radius 1 is 1.22 bits per heavy atom. The van der Waals surface area contributed by atoms with Crippen LogP contribution in [0, 0.1) is 0 Å². The highest BCUT2D eigenvalue weighted by Crippen LogP contribution is 2.20. The van der Waals surface area contributed by atoms with Crippen LogP contribution in [0.1, 0.15) is 29.8 Å². The lowest BCUT2D eigenvalue weighted by molar-refractivity contribution is 0.0955. The van der Waals surface area contributed by atoms with Crippen LogP contribution in [-0.4, -0.2) is 18.2 Å². The Kier molecular flexibility index (Phi) is 6.02. The van der Waals surface area contributed by atoms with E-state index in [1.807, 2.05) is 38.1 Å². The third-order valence-corrected chi connectivity index (χ3v) is 3.33. The first-order valence-corrected chi connectivity index (χ1v) is 7.76. The van der Waals surface area contributed by atoms with Crippen molar-refractivity contribution in [3.05, 3.63) is 63.6 Å². The standard InChI is InChI=1S/C17H16Cl2N2O2/c1-11(2)23-14-5-3-4-12(8-14)10-20-21-17(22)15-7-6-13(18)9-16(15)19/h3-11H,1-2H3,(H,21,22). The molecule has 0 radical (unpaired) electrons. The Morgan fingerprint density at radius 2 is 2.00 bits per heavy atom. The fraction of sp³-hybridized carbons (Fsp3) is 0.176. The number of amides is 1. The number of ether oxygens (including phenoxy) is 1. The molecule has 0 aliphatic carbocycles. The van der Waals surface area contributed by atoms with Gasteiger partial charge in [0.2, 0.25) is 0 Å². The van der Waals surface area contributed by atoms with Gasteiger partial charge in [0.1, 0.15) is 5.75 Å². The summed E-state index contributed by atoms with van der Waals surface area (Å²) >= 11 is 11.8. The maximum absolute atomic E-state index is 12.0. The summed E-state index contributed by atoms with van der Waals surface area (Å²) in [5, 5.41) is 4.67. The Bertz CT molecular complexity index is 730. The highest BCUT2D eigenvalue weighted by Gasteiger charge is 2.09. The molecule has 0 fully saturated rings. The molecule has 0 saturated carbocycles. The minimum absolute atomic E-state index is 0.0916. The molecule has 0 aliphatic heterocycles. The number of nitrogens with zero attached hydrogens (tertiary/aromatic N) is 1. The molecule has 0 bridgehead atoms. The molecular weight excluding hydrogens is 335 g/mol. The summed E-state index contributed by atoms with van der Waals surface area (Å²) in [5.74, 6) is 0.341. The summed E-state index contributed by atoms with van der Waals surface area (Å²) in [6, 6.07) is 12.1. The number of rotatable bonds is 5. The van der Waals surface area contributed by atoms with Crippen molar-refractivity contribution in [2.24, 2.45) is 5.10 Å². The van der Waals surface area contributed by atoms with Crippen LogP contribution in [0.15, 0.2) is 47.6 Å². The normalized spacial score (nSPS) is 11.0. The predicted molar refractivity (Wildman–Crippen MR) is 93.7 cm³/mol. The van der Waals surface area contributed by atoms with Crippen molar-refractivity contribution in [3.63, 3.8) is 0 Å². The van der Waals surface area contributed by atoms with Gasteiger partial charge >= 0.3 is 0 Å². The van der Waals surface area contributed by atoms with E-state index < -0.39 is 5.91 Å². The Hall–Kier alpha value is -2.04. The molecule has 0 spiro atoms. The average molecular weight is 351 g/mol. The number of benzene rings is 2. The molecule has 120 valence electrons. The van der Waals surface area contributed by atoms with Gasteiger partial charge in [-0.05, 0) is 49.7 Å². The molecule has 23 heavy (non-hydrogen) atoms. The lowest BCUT2D eigenvalue weighted by atomic mass is 10.2. The average Bonchev–Trinajstić information content (AvgIpc) is 2.46. The quantitative estimate of drug-likeness (QED) is 0.635. The molecular formula is C17H16Cl2N2O2. The highest BCUT2D eigenvalue weighted by atomic mass is 35.5. The van der Waals surface area contributed by atoms with Gasteiger partial charge in [0.25, 0.3) is 5.91 Å². The Labute approximate surface area is 145 Å². The topological polar surface area (TPSA) is 50.7 Å². The van der Waals surface area contributed by atoms with Gasteiger partial charge in [0.15, 0.2) is 0 Å². The van der Waals surface area contributed by atoms with Gasteiger partial charge in [0.05, 0.1) is 22.9 Å². The predicted octanol–water partition coefficient (Wildman–Crippen LogP) is 4.54. The second kappa shape index (κ2) is 7.99. The summed E-state index contributed by atoms with van der Waals surface area (Å²) in [6.45, 7) is 3.91. The van der Waals surface area contributed by atoms with Gasteiger partial charge in [-0.25, -0.2) is 5.43 Å². The van der Waals surface area contributed by atoms with Crippen molar-refractivity contribution in [1.29, 1.82) is 0 Å². The maximum Gasteiger partial charge on any atom is 0.272 e. The Balaban J connectivity index is 2.02. The van der Waals surface area contributed by atoms with Crippen LogP contribution in [0.25, 0.3) is 0 Å². The van der Waals surface area contributed by atoms with E-state index in [0.717, 1.165) is 11.3 Å². The SMILES string of the molecule is CC(C)Oc1cccc(C=NNC(=O)c2ccc(Cl)cc2Cl)c1. The smallest absolute Gasteiger partial charge is 0.272 e. The maximum atomic E-state index is 12.0. The van der Waals surface area contributed by atoms with Crippen LogP contribution in [-0.2, 0) is 0 Å². The van der Waals surface area contributed by atoms with Crippen molar-refractivity contribution >= 4 is 35.3 Å². The molecule has 0 aromatic heterocycles. The van der Waals surface area contributed by atoms with E-state index >= 15 is 0 Å². The van der Waals surface area contributed by atoms with Gasteiger partial charge in [-0.2, -0.15) is 5.10 Å². The third-order valence-electron chi connectivity index (χ3n) is 2.79. The lowest BCUT2D eigenvalue weighted by Gasteiger charge is -2.09. The van der Waals surface area contributed by atoms with Gasteiger partial charge in [-0.3, -0.25) is 4.79 Å². The fourth-order valence-electron chi connectivity index (χ4n) is 1.84. The molecule has 4 nitrogen and oxygen atoms in total. The molecule has 2 aromatic carbocycles. The van der Waals surface area contributed by atoms with Crippen LogP contribution in [0.5, 0.6) is 5.75 Å². The van der Waals surface area contributed by atoms with Crippen molar-refractivity contribution in [3.8, 4) is 5.75 Å². The molecule has 1 N–H and O–H groups in total. The van der Waals surface area contributed by atoms with Crippen molar-refractivity contribution < 1.29 is 9.53 Å². The fourth-order valence-corrected chi connectivity index (χ4v) is 2.33. The summed E-state index contributed by atoms with van der Waals surface area (Å²) in [5.41, 5.74) is 3.55. The molecule has 2 aromatic rings. The molecule has 2 rings (SSSR count). The zero-order valence-corrected chi connectivity index (χ0v) is 14.2. The van der Waals surface area contributed by atoms with Gasteiger partial charge in [-0.1, -0.05) is 35.3 Å². The first-order valence-electron chi connectivity index (χ1n) is 7.01. The minimum Gasteiger partial charge on any atom is -0.491 e. The molecule has 0 aliphatic rings. The second-order valence-electron chi connectivity index (χ2n) is 5.06. The van der Waals surface area contributed by atoms with Crippen molar-refractivity contribution in [1.82, 2.24) is 5.43 Å². The zero-order valence-electron chi connectivity index (χ0n) is 12.7. The van der Waals surface area contributed by atoms with E-state index in [0.29, 0.717) is 10.6 Å². The van der Waals surface area contributed by atoms with Crippen LogP contribution in [0.4, 0.5) is 0 Å². The number of hydrogen-bond donors (Lipinski definition) is 1. The molecule has 6 heteroatoms. The number of hydrazone groups is 1. The summed E-state index contributed by atoms with van der Waals surface area (Å²) in [4.78, 5) is 12.0. The van der Waals surface area contributed by atoms with E-state index in [-0.39, 0.29) is 11.1 Å². The summed E-state index contributed by atoms with van der Waals surface area (Å²) < 4.78 is 5.60. The highest BCUT2D eigenvalue weighted by molar-refractivity contribution is 6.36. The minimum atomic E-state index is -0.405. The van der Waals surface area contributed by atoms with E-state index in [1.54, 1.807) is 12.1 Å². The largest absolute Gasteiger partial charge is 0.491 e. The van der Waals surface area contributed by atoms with Crippen molar-refractivity contribution in [2.75, 3.05) is 0 Å². The van der Waals surface area contributed by atoms with E-state index in [1.165, 1.54) is 12.3 Å². The number of hydrogen-bond acceptors (Lipinski definition) is 3. The van der Waals surface area contributed by atoms with E-state index in [4.69, 9.17) is 27.9 Å². The monoisotopic (exact) mass is 350 g/mol. The molecule has 0 saturated heterocycles. The van der Waals surface area contributed by atoms with Gasteiger partial charge in [-0.15, -0.1) is 0 Å². The van der Waals surface area contributed by atoms with Crippen LogP contribution in [0.3, 0.4) is 0 Å². The van der Waals surface area contributed by atoms with Crippen LogP contribution in [0.2, 0.25) is 10.0 Å². The van der Waals surface area contributed by atoms with Crippen LogP contribution >= 0.6 is 23.2 Å². The van der Waals surface area contributed by atoms with Gasteiger partial charge in [0, 0.05) is 5.02 Å². The first kappa shape index (κ1) is 17.3. The molecule has 0 unspecified atom stereocenters. The van der Waals surface area contributed by atoms with Gasteiger partial charge < -0.3 is 4.74 Å². The third kappa shape index (κ3) is 5.27. The zero-order chi connectivity index (χ0) is 16.8. The lowest BCUT2D eigenvalue weighted by Crippen LogP contribution is -2.18. The summed E-state index contributed by atoms with van der Waals surface area (Å²) in [7, 11) is 0. The molecule has 1 amide bonds. The number of nitrogens with one attached hydrogen (secondary N) is 1. The van der Waals surface area contributed by atoms with E-state index in [9.17, 15) is 4.79 Å². The summed E-state index contributed by atoms with van der Waals surface area (Å²) in [6.07, 6.45) is 1.63. The van der Waals surface area contributed by atoms with Crippen molar-refractivity contribution in [2.45, 2.75) is 20.0 Å². The Morgan fingerprint density at radius 3 is 2.70 bits per heavy atom. The number of carbonyl (C=O) groups is 1. The first-order chi connectivity index (χ1) is 11.0. The molecule has 0 heterocycles. The second-order valence-corrected chi connectivity index (χ2v) is 5.91. The van der Waals surface area contributed by atoms with Crippen LogP contribution < -0.4 is 10.2 Å². The molecule has 0 atom stereocenters. The number of halogens is 2.